The number of piperidine rings is 1. The number of aryl methyl sites for hydroxylation is 1. The Hall–Kier alpha value is -2.78. The number of hydrogen-bond donors (Lipinski definition) is 0. The molecule has 2 aliphatic heterocycles. The number of halogens is 1. The summed E-state index contributed by atoms with van der Waals surface area (Å²) in [5.41, 5.74) is 9.09. The van der Waals surface area contributed by atoms with Gasteiger partial charge in [0.2, 0.25) is 0 Å². The summed E-state index contributed by atoms with van der Waals surface area (Å²) in [5.74, 6) is 2.07. The van der Waals surface area contributed by atoms with Gasteiger partial charge in [0.05, 0.1) is 6.04 Å². The van der Waals surface area contributed by atoms with E-state index in [1.165, 1.54) is 46.3 Å². The van der Waals surface area contributed by atoms with E-state index in [0.29, 0.717) is 6.04 Å². The summed E-state index contributed by atoms with van der Waals surface area (Å²) in [6.07, 6.45) is 4.54. The van der Waals surface area contributed by atoms with Gasteiger partial charge in [-0.3, -0.25) is 0 Å². The maximum atomic E-state index is 6.79. The van der Waals surface area contributed by atoms with Crippen LogP contribution in [0.5, 0.6) is 0 Å². The van der Waals surface area contributed by atoms with E-state index in [4.69, 9.17) is 4.42 Å². The van der Waals surface area contributed by atoms with Gasteiger partial charge in [0, 0.05) is 45.4 Å². The molecule has 1 saturated heterocycles. The highest BCUT2D eigenvalue weighted by Crippen LogP contribution is 2.50. The quantitative estimate of drug-likeness (QED) is 0.284. The Bertz CT molecular complexity index is 1270. The third-order valence-corrected chi connectivity index (χ3v) is 7.45. The number of fused-ring (bicyclic) bond motifs is 5. The van der Waals surface area contributed by atoms with Gasteiger partial charge in [-0.05, 0) is 49.9 Å². The summed E-state index contributed by atoms with van der Waals surface area (Å²) in [6.45, 7) is 3.23. The minimum atomic E-state index is 0.346. The molecule has 6 rings (SSSR count). The molecule has 0 saturated carbocycles. The summed E-state index contributed by atoms with van der Waals surface area (Å²) < 4.78 is 7.93. The van der Waals surface area contributed by atoms with Crippen molar-refractivity contribution in [3.8, 4) is 22.6 Å². The highest BCUT2D eigenvalue weighted by molar-refractivity contribution is 9.10. The van der Waals surface area contributed by atoms with Gasteiger partial charge >= 0.3 is 0 Å². The van der Waals surface area contributed by atoms with Gasteiger partial charge in [-0.2, -0.15) is 0 Å². The highest BCUT2D eigenvalue weighted by Gasteiger charge is 2.36. The first-order valence-corrected chi connectivity index (χ1v) is 12.3. The smallest absolute Gasteiger partial charge is 0.140 e. The average molecular weight is 484 g/mol. The Balaban J connectivity index is 1.64. The van der Waals surface area contributed by atoms with Gasteiger partial charge in [0.15, 0.2) is 0 Å². The Morgan fingerprint density at radius 2 is 1.66 bits per heavy atom. The van der Waals surface area contributed by atoms with Crippen LogP contribution in [0.15, 0.2) is 81.7 Å². The number of furan rings is 1. The van der Waals surface area contributed by atoms with Crippen LogP contribution in [0.2, 0.25) is 0 Å². The zero-order chi connectivity index (χ0) is 21.7. The zero-order valence-corrected chi connectivity index (χ0v) is 19.9. The fourth-order valence-corrected chi connectivity index (χ4v) is 5.84. The van der Waals surface area contributed by atoms with E-state index in [1.54, 1.807) is 0 Å². The van der Waals surface area contributed by atoms with Gasteiger partial charge in [-0.1, -0.05) is 76.1 Å². The standard InChI is InChI=1S/C29H26BrNO/c1-19-10-12-21(13-11-19)29-27-24(28(32-29)20-7-3-2-4-8-20)18-22-17-23(30)14-15-25(22)31-16-6-5-9-26(27)31/h2-4,7-8,10-15,17,26H,5-6,9,16,18H2,1H3. The van der Waals surface area contributed by atoms with Crippen molar-refractivity contribution in [2.24, 2.45) is 0 Å². The van der Waals surface area contributed by atoms with E-state index in [9.17, 15) is 0 Å². The average Bonchev–Trinajstić information content (AvgIpc) is 3.12. The van der Waals surface area contributed by atoms with E-state index < -0.39 is 0 Å². The van der Waals surface area contributed by atoms with Crippen LogP contribution in [0.4, 0.5) is 5.69 Å². The van der Waals surface area contributed by atoms with Crippen LogP contribution in [-0.2, 0) is 6.42 Å². The molecule has 32 heavy (non-hydrogen) atoms. The van der Waals surface area contributed by atoms with E-state index in [1.807, 2.05) is 0 Å². The molecular weight excluding hydrogens is 458 g/mol. The van der Waals surface area contributed by atoms with Crippen LogP contribution in [0, 0.1) is 6.92 Å². The minimum Gasteiger partial charge on any atom is -0.455 e. The Morgan fingerprint density at radius 1 is 0.875 bits per heavy atom. The molecule has 1 aromatic heterocycles. The SMILES string of the molecule is Cc1ccc(-c2oc(-c3ccccc3)c3c2C2CCCCN2c2ccc(Br)cc2C3)cc1. The molecule has 0 N–H and O–H groups in total. The normalized spacial score (nSPS) is 17.3. The molecule has 3 heteroatoms. The van der Waals surface area contributed by atoms with Crippen LogP contribution < -0.4 is 4.90 Å². The molecule has 1 atom stereocenters. The molecule has 2 nitrogen and oxygen atoms in total. The number of anilines is 1. The van der Waals surface area contributed by atoms with Crippen LogP contribution >= 0.6 is 15.9 Å². The molecule has 1 unspecified atom stereocenters. The Morgan fingerprint density at radius 3 is 2.47 bits per heavy atom. The first-order valence-electron chi connectivity index (χ1n) is 11.5. The topological polar surface area (TPSA) is 16.4 Å². The first-order chi connectivity index (χ1) is 15.7. The van der Waals surface area contributed by atoms with Crippen molar-refractivity contribution in [1.82, 2.24) is 0 Å². The molecule has 0 bridgehead atoms. The van der Waals surface area contributed by atoms with Crippen LogP contribution in [0.25, 0.3) is 22.6 Å². The van der Waals surface area contributed by atoms with E-state index in [2.05, 4.69) is 101 Å². The van der Waals surface area contributed by atoms with E-state index in [-0.39, 0.29) is 0 Å². The molecule has 1 fully saturated rings. The molecular formula is C29H26BrNO. The zero-order valence-electron chi connectivity index (χ0n) is 18.3. The van der Waals surface area contributed by atoms with Crippen molar-refractivity contribution in [3.63, 3.8) is 0 Å². The van der Waals surface area contributed by atoms with Gasteiger partial charge in [0.25, 0.3) is 0 Å². The van der Waals surface area contributed by atoms with E-state index in [0.717, 1.165) is 40.9 Å². The van der Waals surface area contributed by atoms with Crippen LogP contribution in [0.1, 0.15) is 47.6 Å². The van der Waals surface area contributed by atoms with Crippen LogP contribution in [-0.4, -0.2) is 6.54 Å². The molecule has 0 spiro atoms. The fourth-order valence-electron chi connectivity index (χ4n) is 5.43. The van der Waals surface area contributed by atoms with Crippen LogP contribution in [0.3, 0.4) is 0 Å². The number of nitrogens with zero attached hydrogens (tertiary/aromatic N) is 1. The van der Waals surface area contributed by atoms with Crippen molar-refractivity contribution in [2.45, 2.75) is 38.6 Å². The second-order valence-corrected chi connectivity index (χ2v) is 9.96. The second kappa shape index (κ2) is 7.97. The lowest BCUT2D eigenvalue weighted by molar-refractivity contribution is 0.470. The number of benzene rings is 3. The third kappa shape index (κ3) is 3.31. The monoisotopic (exact) mass is 483 g/mol. The summed E-state index contributed by atoms with van der Waals surface area (Å²) in [6, 6.07) is 26.5. The predicted molar refractivity (Wildman–Crippen MR) is 135 cm³/mol. The van der Waals surface area contributed by atoms with Gasteiger partial charge in [0.1, 0.15) is 11.5 Å². The Labute approximate surface area is 198 Å². The number of hydrogen-bond acceptors (Lipinski definition) is 2. The Kier molecular flexibility index (Phi) is 4.95. The lowest BCUT2D eigenvalue weighted by atomic mass is 9.89. The van der Waals surface area contributed by atoms with Gasteiger partial charge < -0.3 is 9.32 Å². The lowest BCUT2D eigenvalue weighted by Crippen LogP contribution is -2.33. The molecule has 160 valence electrons. The molecule has 0 radical (unpaired) electrons. The van der Waals surface area contributed by atoms with Crippen molar-refractivity contribution in [2.75, 3.05) is 11.4 Å². The van der Waals surface area contributed by atoms with Crippen molar-refractivity contribution < 1.29 is 4.42 Å². The predicted octanol–water partition coefficient (Wildman–Crippen LogP) is 8.32. The highest BCUT2D eigenvalue weighted by atomic mass is 79.9. The summed E-state index contributed by atoms with van der Waals surface area (Å²) in [4.78, 5) is 2.64. The maximum absolute atomic E-state index is 6.79. The summed E-state index contributed by atoms with van der Waals surface area (Å²) >= 11 is 3.71. The number of rotatable bonds is 2. The molecule has 4 aromatic rings. The van der Waals surface area contributed by atoms with E-state index >= 15 is 0 Å². The third-order valence-electron chi connectivity index (χ3n) is 6.95. The van der Waals surface area contributed by atoms with Crippen molar-refractivity contribution in [1.29, 1.82) is 0 Å². The largest absolute Gasteiger partial charge is 0.455 e. The molecule has 0 aliphatic carbocycles. The van der Waals surface area contributed by atoms with Crippen molar-refractivity contribution in [3.05, 3.63) is 99.5 Å². The van der Waals surface area contributed by atoms with Gasteiger partial charge in [-0.25, -0.2) is 0 Å². The summed E-state index contributed by atoms with van der Waals surface area (Å²) in [7, 11) is 0. The van der Waals surface area contributed by atoms with Gasteiger partial charge in [-0.15, -0.1) is 0 Å². The molecule has 2 aliphatic rings. The molecule has 3 aromatic carbocycles. The lowest BCUT2D eigenvalue weighted by Gasteiger charge is -2.37. The van der Waals surface area contributed by atoms with Crippen molar-refractivity contribution >= 4 is 21.6 Å². The molecule has 3 heterocycles. The summed E-state index contributed by atoms with van der Waals surface area (Å²) in [5, 5.41) is 0. The fraction of sp³-hybridized carbons (Fsp3) is 0.241. The maximum Gasteiger partial charge on any atom is 0.140 e. The molecule has 0 amide bonds. The second-order valence-electron chi connectivity index (χ2n) is 9.04. The minimum absolute atomic E-state index is 0.346. The first kappa shape index (κ1) is 19.9.